The van der Waals surface area contributed by atoms with Gasteiger partial charge in [0.05, 0.1) is 10.9 Å². The molecule has 4 nitrogen and oxygen atoms in total. The van der Waals surface area contributed by atoms with Crippen LogP contribution >= 0.6 is 11.3 Å². The molecule has 0 bridgehead atoms. The highest BCUT2D eigenvalue weighted by molar-refractivity contribution is 7.89. The third-order valence-electron chi connectivity index (χ3n) is 3.93. The van der Waals surface area contributed by atoms with Crippen molar-refractivity contribution in [3.63, 3.8) is 0 Å². The fraction of sp³-hybridized carbons (Fsp3) is 0.333. The number of aryl methyl sites for hydroxylation is 1. The van der Waals surface area contributed by atoms with Crippen LogP contribution in [-0.2, 0) is 10.0 Å². The van der Waals surface area contributed by atoms with E-state index in [0.29, 0.717) is 12.2 Å². The normalized spacial score (nSPS) is 20.0. The highest BCUT2D eigenvalue weighted by atomic mass is 32.2. The lowest BCUT2D eigenvalue weighted by molar-refractivity contribution is 0.401. The summed E-state index contributed by atoms with van der Waals surface area (Å²) < 4.78 is 27.4. The SMILES string of the molecule is Cc1ccc(S(=O)(=O)N2CCCC2c2cccs2)cc1N. The number of benzene rings is 1. The first kappa shape index (κ1) is 14.6. The zero-order chi connectivity index (χ0) is 15.0. The average molecular weight is 322 g/mol. The Morgan fingerprint density at radius 2 is 2.14 bits per heavy atom. The van der Waals surface area contributed by atoms with E-state index in [1.807, 2.05) is 24.4 Å². The van der Waals surface area contributed by atoms with E-state index >= 15 is 0 Å². The fourth-order valence-electron chi connectivity index (χ4n) is 2.71. The van der Waals surface area contributed by atoms with Crippen LogP contribution in [0.2, 0.25) is 0 Å². The molecule has 3 rings (SSSR count). The Labute approximate surface area is 129 Å². The Morgan fingerprint density at radius 1 is 1.33 bits per heavy atom. The molecule has 112 valence electrons. The maximum atomic E-state index is 12.9. The minimum Gasteiger partial charge on any atom is -0.398 e. The Bertz CT molecular complexity index is 739. The Balaban J connectivity index is 1.99. The second-order valence-corrected chi connectivity index (χ2v) is 8.18. The molecule has 2 aromatic rings. The Hall–Kier alpha value is -1.37. The van der Waals surface area contributed by atoms with Crippen molar-refractivity contribution in [2.45, 2.75) is 30.7 Å². The minimum atomic E-state index is -3.49. The summed E-state index contributed by atoms with van der Waals surface area (Å²) in [5.41, 5.74) is 7.27. The molecule has 1 unspecified atom stereocenters. The van der Waals surface area contributed by atoms with Gasteiger partial charge in [-0.15, -0.1) is 11.3 Å². The second kappa shape index (κ2) is 5.44. The van der Waals surface area contributed by atoms with E-state index in [0.717, 1.165) is 23.3 Å². The average Bonchev–Trinajstić information content (AvgIpc) is 3.11. The van der Waals surface area contributed by atoms with Crippen LogP contribution in [0.25, 0.3) is 0 Å². The number of nitrogens with two attached hydrogens (primary N) is 1. The molecule has 0 amide bonds. The van der Waals surface area contributed by atoms with Crippen molar-refractivity contribution in [2.24, 2.45) is 0 Å². The molecule has 1 aromatic heterocycles. The van der Waals surface area contributed by atoms with E-state index in [-0.39, 0.29) is 10.9 Å². The van der Waals surface area contributed by atoms with E-state index in [2.05, 4.69) is 0 Å². The number of anilines is 1. The number of sulfonamides is 1. The van der Waals surface area contributed by atoms with E-state index in [9.17, 15) is 8.42 Å². The van der Waals surface area contributed by atoms with Crippen molar-refractivity contribution in [1.82, 2.24) is 4.31 Å². The summed E-state index contributed by atoms with van der Waals surface area (Å²) in [6.45, 7) is 2.44. The lowest BCUT2D eigenvalue weighted by Crippen LogP contribution is -2.30. The predicted molar refractivity (Wildman–Crippen MR) is 85.8 cm³/mol. The molecule has 0 spiro atoms. The molecule has 21 heavy (non-hydrogen) atoms. The van der Waals surface area contributed by atoms with Crippen molar-refractivity contribution in [3.8, 4) is 0 Å². The van der Waals surface area contributed by atoms with Gasteiger partial charge in [-0.25, -0.2) is 8.42 Å². The summed E-state index contributed by atoms with van der Waals surface area (Å²) in [6.07, 6.45) is 1.77. The molecule has 1 fully saturated rings. The number of nitrogens with zero attached hydrogens (tertiary/aromatic N) is 1. The Kier molecular flexibility index (Phi) is 3.77. The van der Waals surface area contributed by atoms with Crippen LogP contribution in [0.15, 0.2) is 40.6 Å². The summed E-state index contributed by atoms with van der Waals surface area (Å²) in [5, 5.41) is 1.99. The van der Waals surface area contributed by atoms with Gasteiger partial charge in [0.15, 0.2) is 0 Å². The standard InChI is InChI=1S/C15H18N2O2S2/c1-11-6-7-12(10-13(11)16)21(18,19)17-8-2-4-14(17)15-5-3-9-20-15/h3,5-7,9-10,14H,2,4,8,16H2,1H3. The van der Waals surface area contributed by atoms with E-state index in [1.54, 1.807) is 33.8 Å². The van der Waals surface area contributed by atoms with Gasteiger partial charge in [0.25, 0.3) is 0 Å². The molecular formula is C15H18N2O2S2. The molecule has 1 aromatic carbocycles. The first-order chi connectivity index (χ1) is 10.00. The molecule has 1 aliphatic heterocycles. The summed E-state index contributed by atoms with van der Waals surface area (Å²) in [4.78, 5) is 1.39. The monoisotopic (exact) mass is 322 g/mol. The van der Waals surface area contributed by atoms with Crippen molar-refractivity contribution >= 4 is 27.0 Å². The van der Waals surface area contributed by atoms with Gasteiger partial charge in [-0.2, -0.15) is 4.31 Å². The molecule has 6 heteroatoms. The molecule has 2 heterocycles. The largest absolute Gasteiger partial charge is 0.398 e. The number of hydrogen-bond acceptors (Lipinski definition) is 4. The summed E-state index contributed by atoms with van der Waals surface area (Å²) >= 11 is 1.61. The Morgan fingerprint density at radius 3 is 2.81 bits per heavy atom. The van der Waals surface area contributed by atoms with Crippen molar-refractivity contribution in [1.29, 1.82) is 0 Å². The van der Waals surface area contributed by atoms with Crippen LogP contribution in [0, 0.1) is 6.92 Å². The van der Waals surface area contributed by atoms with Gasteiger partial charge >= 0.3 is 0 Å². The first-order valence-electron chi connectivity index (χ1n) is 6.91. The van der Waals surface area contributed by atoms with E-state index in [1.165, 1.54) is 0 Å². The maximum Gasteiger partial charge on any atom is 0.243 e. The van der Waals surface area contributed by atoms with Gasteiger partial charge in [0.1, 0.15) is 0 Å². The van der Waals surface area contributed by atoms with Gasteiger partial charge in [0.2, 0.25) is 10.0 Å². The van der Waals surface area contributed by atoms with E-state index in [4.69, 9.17) is 5.73 Å². The third kappa shape index (κ3) is 2.59. The number of hydrogen-bond donors (Lipinski definition) is 1. The molecule has 1 saturated heterocycles. The van der Waals surface area contributed by atoms with Crippen molar-refractivity contribution in [3.05, 3.63) is 46.2 Å². The topological polar surface area (TPSA) is 63.4 Å². The van der Waals surface area contributed by atoms with Gasteiger partial charge in [0, 0.05) is 17.1 Å². The maximum absolute atomic E-state index is 12.9. The molecule has 0 saturated carbocycles. The molecule has 0 radical (unpaired) electrons. The second-order valence-electron chi connectivity index (χ2n) is 5.31. The zero-order valence-electron chi connectivity index (χ0n) is 11.8. The third-order valence-corrected chi connectivity index (χ3v) is 6.81. The van der Waals surface area contributed by atoms with Gasteiger partial charge in [-0.05, 0) is 48.9 Å². The smallest absolute Gasteiger partial charge is 0.243 e. The van der Waals surface area contributed by atoms with Crippen LogP contribution in [-0.4, -0.2) is 19.3 Å². The summed E-state index contributed by atoms with van der Waals surface area (Å²) in [7, 11) is -3.49. The van der Waals surface area contributed by atoms with E-state index < -0.39 is 10.0 Å². The van der Waals surface area contributed by atoms with Crippen molar-refractivity contribution < 1.29 is 8.42 Å². The number of thiophene rings is 1. The summed E-state index contributed by atoms with van der Waals surface area (Å²) in [6, 6.07) is 8.90. The van der Waals surface area contributed by atoms with Crippen LogP contribution in [0.1, 0.15) is 29.3 Å². The van der Waals surface area contributed by atoms with Gasteiger partial charge in [-0.1, -0.05) is 12.1 Å². The fourth-order valence-corrected chi connectivity index (χ4v) is 5.36. The molecule has 1 atom stereocenters. The van der Waals surface area contributed by atoms with Crippen LogP contribution < -0.4 is 5.73 Å². The quantitative estimate of drug-likeness (QED) is 0.883. The minimum absolute atomic E-state index is 0.0440. The molecule has 0 aliphatic carbocycles. The van der Waals surface area contributed by atoms with Crippen LogP contribution in [0.4, 0.5) is 5.69 Å². The number of nitrogen functional groups attached to an aromatic ring is 1. The van der Waals surface area contributed by atoms with Crippen LogP contribution in [0.3, 0.4) is 0 Å². The van der Waals surface area contributed by atoms with Gasteiger partial charge in [-0.3, -0.25) is 0 Å². The van der Waals surface area contributed by atoms with Crippen molar-refractivity contribution in [2.75, 3.05) is 12.3 Å². The molecular weight excluding hydrogens is 304 g/mol. The zero-order valence-corrected chi connectivity index (χ0v) is 13.5. The van der Waals surface area contributed by atoms with Gasteiger partial charge < -0.3 is 5.73 Å². The summed E-state index contributed by atoms with van der Waals surface area (Å²) in [5.74, 6) is 0. The molecule has 1 aliphatic rings. The lowest BCUT2D eigenvalue weighted by Gasteiger charge is -2.23. The number of rotatable bonds is 3. The predicted octanol–water partition coefficient (Wildman–Crippen LogP) is 3.16. The molecule has 2 N–H and O–H groups in total. The lowest BCUT2D eigenvalue weighted by atomic mass is 10.2. The first-order valence-corrected chi connectivity index (χ1v) is 9.23. The highest BCUT2D eigenvalue weighted by Gasteiger charge is 2.36. The van der Waals surface area contributed by atoms with Crippen LogP contribution in [0.5, 0.6) is 0 Å². The highest BCUT2D eigenvalue weighted by Crippen LogP contribution is 2.38.